The monoisotopic (exact) mass is 606 g/mol. The molecular weight excluding hydrogens is 573 g/mol. The van der Waals surface area contributed by atoms with Crippen LogP contribution in [-0.4, -0.2) is 21.1 Å². The van der Waals surface area contributed by atoms with Crippen molar-refractivity contribution in [2.75, 3.05) is 0 Å². The number of amidine groups is 1. The molecule has 0 saturated heterocycles. The van der Waals surface area contributed by atoms with E-state index in [0.29, 0.717) is 5.84 Å². The number of allylic oxidation sites excluding steroid dienone is 2. The summed E-state index contributed by atoms with van der Waals surface area (Å²) < 4.78 is 2.20. The lowest BCUT2D eigenvalue weighted by molar-refractivity contribution is 1.00. The molecule has 47 heavy (non-hydrogen) atoms. The quantitative estimate of drug-likeness (QED) is 0.101. The number of hydrogen-bond acceptors (Lipinski definition) is 2. The van der Waals surface area contributed by atoms with Gasteiger partial charge in [-0.2, -0.15) is 0 Å². The van der Waals surface area contributed by atoms with Crippen LogP contribution in [0.15, 0.2) is 174 Å². The lowest BCUT2D eigenvalue weighted by atomic mass is 9.99. The Morgan fingerprint density at radius 3 is 2.02 bits per heavy atom. The van der Waals surface area contributed by atoms with Gasteiger partial charge in [0.25, 0.3) is 0 Å². The minimum absolute atomic E-state index is 0.651. The van der Waals surface area contributed by atoms with E-state index in [2.05, 4.69) is 102 Å². The molecule has 0 bridgehead atoms. The molecule has 0 aliphatic rings. The first-order valence-corrected chi connectivity index (χ1v) is 15.7. The summed E-state index contributed by atoms with van der Waals surface area (Å²) in [5.41, 5.74) is 10.3. The molecule has 7 rings (SSSR count). The van der Waals surface area contributed by atoms with Crippen LogP contribution in [0.5, 0.6) is 0 Å². The molecule has 1 aromatic heterocycles. The number of nitrogens with zero attached hydrogens (tertiary/aromatic N) is 4. The third kappa shape index (κ3) is 6.22. The van der Waals surface area contributed by atoms with Crippen LogP contribution in [0.25, 0.3) is 44.3 Å². The number of aromatic nitrogens is 2. The van der Waals surface area contributed by atoms with E-state index < -0.39 is 0 Å². The van der Waals surface area contributed by atoms with Crippen molar-refractivity contribution in [2.24, 2.45) is 9.98 Å². The average Bonchev–Trinajstić information content (AvgIpc) is 3.47. The number of para-hydroxylation sites is 2. The number of fused-ring (bicyclic) bond motifs is 2. The van der Waals surface area contributed by atoms with Gasteiger partial charge in [0, 0.05) is 22.5 Å². The maximum atomic E-state index is 5.11. The summed E-state index contributed by atoms with van der Waals surface area (Å²) in [6, 6.07) is 50.3. The molecule has 1 heterocycles. The second kappa shape index (κ2) is 13.1. The number of hydrogen-bond donors (Lipinski definition) is 0. The Bertz CT molecular complexity index is 2310. The molecule has 6 aromatic carbocycles. The Kier molecular flexibility index (Phi) is 8.23. The molecule has 0 aliphatic carbocycles. The van der Waals surface area contributed by atoms with Gasteiger partial charge in [-0.1, -0.05) is 122 Å². The van der Waals surface area contributed by atoms with E-state index in [4.69, 9.17) is 15.0 Å². The predicted octanol–water partition coefficient (Wildman–Crippen LogP) is 10.6. The van der Waals surface area contributed by atoms with Gasteiger partial charge in [-0.25, -0.2) is 15.0 Å². The minimum Gasteiger partial charge on any atom is -0.297 e. The first kappa shape index (κ1) is 29.6. The Morgan fingerprint density at radius 2 is 1.28 bits per heavy atom. The van der Waals surface area contributed by atoms with Crippen molar-refractivity contribution in [3.63, 3.8) is 0 Å². The number of aliphatic imine (C=N–C) groups is 2. The van der Waals surface area contributed by atoms with Gasteiger partial charge in [0.2, 0.25) is 0 Å². The van der Waals surface area contributed by atoms with Gasteiger partial charge in [0.05, 0.1) is 16.7 Å². The van der Waals surface area contributed by atoms with E-state index in [1.54, 1.807) is 6.08 Å². The van der Waals surface area contributed by atoms with Crippen LogP contribution < -0.4 is 0 Å². The van der Waals surface area contributed by atoms with Gasteiger partial charge in [-0.3, -0.25) is 4.57 Å². The largest absolute Gasteiger partial charge is 0.297 e. The topological polar surface area (TPSA) is 42.5 Å². The van der Waals surface area contributed by atoms with Crippen molar-refractivity contribution in [1.29, 1.82) is 0 Å². The summed E-state index contributed by atoms with van der Waals surface area (Å²) in [5.74, 6) is 1.63. The van der Waals surface area contributed by atoms with Crippen molar-refractivity contribution in [1.82, 2.24) is 9.55 Å². The lowest BCUT2D eigenvalue weighted by Gasteiger charge is -2.11. The summed E-state index contributed by atoms with van der Waals surface area (Å²) in [7, 11) is 0. The number of rotatable bonds is 7. The molecule has 0 radical (unpaired) electrons. The highest BCUT2D eigenvalue weighted by Gasteiger charge is 2.11. The molecule has 0 saturated carbocycles. The number of benzene rings is 6. The Balaban J connectivity index is 1.21. The zero-order valence-electron chi connectivity index (χ0n) is 26.5. The van der Waals surface area contributed by atoms with Gasteiger partial charge >= 0.3 is 0 Å². The van der Waals surface area contributed by atoms with Crippen LogP contribution in [0.3, 0.4) is 0 Å². The van der Waals surface area contributed by atoms with Crippen LogP contribution >= 0.6 is 0 Å². The number of aryl methyl sites for hydroxylation is 1. The first-order valence-electron chi connectivity index (χ1n) is 15.7. The van der Waals surface area contributed by atoms with Crippen molar-refractivity contribution in [2.45, 2.75) is 13.8 Å². The number of imidazole rings is 1. The van der Waals surface area contributed by atoms with Gasteiger partial charge < -0.3 is 0 Å². The molecule has 0 N–H and O–H groups in total. The predicted molar refractivity (Wildman–Crippen MR) is 199 cm³/mol. The lowest BCUT2D eigenvalue weighted by Crippen LogP contribution is -2.04. The van der Waals surface area contributed by atoms with Gasteiger partial charge in [0.1, 0.15) is 5.82 Å². The maximum Gasteiger partial charge on any atom is 0.160 e. The van der Waals surface area contributed by atoms with Crippen molar-refractivity contribution in [3.05, 3.63) is 187 Å². The third-order valence-corrected chi connectivity index (χ3v) is 8.32. The molecule has 0 spiro atoms. The standard InChI is InChI=1S/C43H34N4/c1-4-13-40(46-43(34-16-9-6-10-17-34)44-30(2)32-14-7-5-8-15-32)38-23-22-36-28-35(20-21-37(36)29-38)33-24-26-39(27-25-33)47-31(3)45-41-18-11-12-19-42(41)47/h4-29H,1H2,2-3H3/b40-13+,44-30?,46-43?. The van der Waals surface area contributed by atoms with E-state index in [-0.39, 0.29) is 0 Å². The smallest absolute Gasteiger partial charge is 0.160 e. The van der Waals surface area contributed by atoms with E-state index in [1.807, 2.05) is 74.5 Å². The zero-order valence-corrected chi connectivity index (χ0v) is 26.5. The molecule has 0 unspecified atom stereocenters. The molecule has 4 nitrogen and oxygen atoms in total. The highest BCUT2D eigenvalue weighted by molar-refractivity contribution is 6.12. The van der Waals surface area contributed by atoms with E-state index >= 15 is 0 Å². The summed E-state index contributed by atoms with van der Waals surface area (Å²) in [6.07, 6.45) is 3.72. The average molecular weight is 607 g/mol. The summed E-state index contributed by atoms with van der Waals surface area (Å²) in [4.78, 5) is 14.8. The fraction of sp³-hybridized carbons (Fsp3) is 0.0465. The van der Waals surface area contributed by atoms with Crippen molar-refractivity contribution < 1.29 is 0 Å². The molecule has 0 fully saturated rings. The van der Waals surface area contributed by atoms with Crippen molar-refractivity contribution in [3.8, 4) is 16.8 Å². The summed E-state index contributed by atoms with van der Waals surface area (Å²) >= 11 is 0. The fourth-order valence-electron chi connectivity index (χ4n) is 5.93. The van der Waals surface area contributed by atoms with Crippen LogP contribution in [0.1, 0.15) is 29.4 Å². The first-order chi connectivity index (χ1) is 23.1. The molecule has 0 atom stereocenters. The molecule has 226 valence electrons. The summed E-state index contributed by atoms with van der Waals surface area (Å²) in [5, 5.41) is 2.30. The maximum absolute atomic E-state index is 5.11. The molecule has 0 amide bonds. The molecule has 0 aliphatic heterocycles. The SMILES string of the molecule is C=C/C=C(/N=C(N=C(C)c1ccccc1)c1ccccc1)c1ccc2cc(-c3ccc(-n4c(C)nc5ccccc54)cc3)ccc2c1. The van der Waals surface area contributed by atoms with Crippen LogP contribution in [0, 0.1) is 6.92 Å². The molecular formula is C43H34N4. The molecule has 7 aromatic rings. The second-order valence-corrected chi connectivity index (χ2v) is 11.5. The highest BCUT2D eigenvalue weighted by atomic mass is 15.1. The van der Waals surface area contributed by atoms with Crippen LogP contribution in [0.2, 0.25) is 0 Å². The summed E-state index contributed by atoms with van der Waals surface area (Å²) in [6.45, 7) is 8.05. The van der Waals surface area contributed by atoms with Crippen molar-refractivity contribution >= 4 is 39.1 Å². The molecule has 4 heteroatoms. The fourth-order valence-corrected chi connectivity index (χ4v) is 5.93. The van der Waals surface area contributed by atoms with E-state index in [1.165, 1.54) is 5.56 Å². The van der Waals surface area contributed by atoms with E-state index in [9.17, 15) is 0 Å². The Morgan fingerprint density at radius 1 is 0.638 bits per heavy atom. The Hall–Kier alpha value is -6.13. The second-order valence-electron chi connectivity index (χ2n) is 11.5. The Labute approximate surface area is 275 Å². The van der Waals surface area contributed by atoms with Gasteiger partial charge in [-0.15, -0.1) is 0 Å². The van der Waals surface area contributed by atoms with E-state index in [0.717, 1.165) is 67.0 Å². The van der Waals surface area contributed by atoms with Gasteiger partial charge in [-0.05, 0) is 83.8 Å². The minimum atomic E-state index is 0.651. The van der Waals surface area contributed by atoms with Gasteiger partial charge in [0.15, 0.2) is 5.84 Å². The highest BCUT2D eigenvalue weighted by Crippen LogP contribution is 2.30. The normalized spacial score (nSPS) is 12.5. The van der Waals surface area contributed by atoms with Crippen LogP contribution in [-0.2, 0) is 0 Å². The van der Waals surface area contributed by atoms with Crippen LogP contribution in [0.4, 0.5) is 0 Å². The zero-order chi connectivity index (χ0) is 32.2. The third-order valence-electron chi connectivity index (χ3n) is 8.32.